The van der Waals surface area contributed by atoms with Gasteiger partial charge in [-0.3, -0.25) is 0 Å². The Hall–Kier alpha value is -1.13. The Morgan fingerprint density at radius 3 is 2.84 bits per heavy atom. The molecular weight excluding hydrogens is 258 g/mol. The smallest absolute Gasteiger partial charge is 0.119 e. The quantitative estimate of drug-likeness (QED) is 0.557. The fraction of sp³-hybridized carbons (Fsp3) is 0.533. The summed E-state index contributed by atoms with van der Waals surface area (Å²) in [7, 11) is 0. The zero-order valence-corrected chi connectivity index (χ0v) is 12.5. The molecule has 1 atom stereocenters. The van der Waals surface area contributed by atoms with Crippen molar-refractivity contribution in [1.29, 1.82) is 0 Å². The number of ether oxygens (including phenoxy) is 2. The zero-order valence-electron chi connectivity index (χ0n) is 11.7. The van der Waals surface area contributed by atoms with Gasteiger partial charge in [0.15, 0.2) is 0 Å². The van der Waals surface area contributed by atoms with E-state index in [1.54, 1.807) is 0 Å². The van der Waals surface area contributed by atoms with Gasteiger partial charge in [-0.1, -0.05) is 37.7 Å². The largest absolute Gasteiger partial charge is 0.493 e. The second kappa shape index (κ2) is 8.88. The summed E-state index contributed by atoms with van der Waals surface area (Å²) in [6, 6.07) is 7.54. The van der Waals surface area contributed by atoms with Crippen LogP contribution in [0.3, 0.4) is 0 Å². The lowest BCUT2D eigenvalue weighted by atomic mass is 10.2. The zero-order chi connectivity index (χ0) is 14.1. The molecule has 0 heterocycles. The highest BCUT2D eigenvalue weighted by atomic mass is 32.1. The number of rotatable bonds is 9. The van der Waals surface area contributed by atoms with Crippen LogP contribution in [-0.4, -0.2) is 24.3 Å². The number of nitrogens with two attached hydrogens (primary N) is 1. The van der Waals surface area contributed by atoms with Gasteiger partial charge in [-0.05, 0) is 25.5 Å². The van der Waals surface area contributed by atoms with E-state index < -0.39 is 0 Å². The molecule has 19 heavy (non-hydrogen) atoms. The van der Waals surface area contributed by atoms with E-state index in [0.717, 1.165) is 37.2 Å². The molecule has 0 spiro atoms. The van der Waals surface area contributed by atoms with Crippen molar-refractivity contribution in [3.05, 3.63) is 29.8 Å². The molecule has 0 aliphatic heterocycles. The van der Waals surface area contributed by atoms with Gasteiger partial charge in [0.1, 0.15) is 10.7 Å². The summed E-state index contributed by atoms with van der Waals surface area (Å²) in [6.45, 7) is 5.64. The summed E-state index contributed by atoms with van der Waals surface area (Å²) < 4.78 is 11.3. The SMILES string of the molecule is CCCC(C)OCCCOc1cccc(C(N)=S)c1. The summed E-state index contributed by atoms with van der Waals surface area (Å²) in [5.41, 5.74) is 6.41. The van der Waals surface area contributed by atoms with E-state index >= 15 is 0 Å². The van der Waals surface area contributed by atoms with Crippen LogP contribution < -0.4 is 10.5 Å². The third kappa shape index (κ3) is 6.55. The van der Waals surface area contributed by atoms with Gasteiger partial charge in [0.2, 0.25) is 0 Å². The maximum Gasteiger partial charge on any atom is 0.119 e. The van der Waals surface area contributed by atoms with Crippen molar-refractivity contribution < 1.29 is 9.47 Å². The van der Waals surface area contributed by atoms with Gasteiger partial charge < -0.3 is 15.2 Å². The predicted molar refractivity (Wildman–Crippen MR) is 82.8 cm³/mol. The number of hydrogen-bond acceptors (Lipinski definition) is 3. The molecule has 1 aromatic carbocycles. The van der Waals surface area contributed by atoms with E-state index in [2.05, 4.69) is 13.8 Å². The van der Waals surface area contributed by atoms with Crippen molar-refractivity contribution in [1.82, 2.24) is 0 Å². The minimum Gasteiger partial charge on any atom is -0.493 e. The van der Waals surface area contributed by atoms with Gasteiger partial charge in [0.25, 0.3) is 0 Å². The molecule has 0 aromatic heterocycles. The lowest BCUT2D eigenvalue weighted by Gasteiger charge is -2.12. The number of thiocarbonyl (C=S) groups is 1. The standard InChI is InChI=1S/C15H23NO2S/c1-3-6-12(2)17-9-5-10-18-14-8-4-7-13(11-14)15(16)19/h4,7-8,11-12H,3,5-6,9-10H2,1-2H3,(H2,16,19). The van der Waals surface area contributed by atoms with Crippen LogP contribution in [0.1, 0.15) is 38.7 Å². The van der Waals surface area contributed by atoms with Gasteiger partial charge in [-0.2, -0.15) is 0 Å². The maximum absolute atomic E-state index is 5.66. The van der Waals surface area contributed by atoms with E-state index in [1.165, 1.54) is 0 Å². The normalized spacial score (nSPS) is 12.1. The first kappa shape index (κ1) is 15.9. The molecule has 0 fully saturated rings. The molecule has 2 N–H and O–H groups in total. The third-order valence-corrected chi connectivity index (χ3v) is 3.01. The van der Waals surface area contributed by atoms with E-state index in [-0.39, 0.29) is 0 Å². The maximum atomic E-state index is 5.66. The van der Waals surface area contributed by atoms with Crippen molar-refractivity contribution >= 4 is 17.2 Å². The molecule has 3 nitrogen and oxygen atoms in total. The number of benzene rings is 1. The summed E-state index contributed by atoms with van der Waals surface area (Å²) in [6.07, 6.45) is 3.48. The molecule has 106 valence electrons. The van der Waals surface area contributed by atoms with E-state index in [4.69, 9.17) is 27.4 Å². The van der Waals surface area contributed by atoms with Gasteiger partial charge in [-0.15, -0.1) is 0 Å². The molecule has 1 rings (SSSR count). The highest BCUT2D eigenvalue weighted by Crippen LogP contribution is 2.13. The summed E-state index contributed by atoms with van der Waals surface area (Å²) >= 11 is 4.93. The molecule has 0 aliphatic rings. The fourth-order valence-corrected chi connectivity index (χ4v) is 1.89. The summed E-state index contributed by atoms with van der Waals surface area (Å²) in [4.78, 5) is 0.391. The van der Waals surface area contributed by atoms with Crippen molar-refractivity contribution in [2.75, 3.05) is 13.2 Å². The highest BCUT2D eigenvalue weighted by Gasteiger charge is 2.01. The van der Waals surface area contributed by atoms with Crippen molar-refractivity contribution in [3.8, 4) is 5.75 Å². The van der Waals surface area contributed by atoms with E-state index in [1.807, 2.05) is 24.3 Å². The first-order valence-electron chi connectivity index (χ1n) is 6.77. The molecule has 1 aromatic rings. The van der Waals surface area contributed by atoms with Crippen LogP contribution in [0.4, 0.5) is 0 Å². The molecule has 0 saturated heterocycles. The van der Waals surface area contributed by atoms with Crippen LogP contribution in [0.2, 0.25) is 0 Å². The molecule has 0 radical (unpaired) electrons. The Morgan fingerprint density at radius 2 is 2.16 bits per heavy atom. The van der Waals surface area contributed by atoms with Crippen LogP contribution in [-0.2, 0) is 4.74 Å². The second-order valence-electron chi connectivity index (χ2n) is 4.56. The van der Waals surface area contributed by atoms with Crippen LogP contribution in [0.15, 0.2) is 24.3 Å². The van der Waals surface area contributed by atoms with Crippen LogP contribution in [0, 0.1) is 0 Å². The summed E-state index contributed by atoms with van der Waals surface area (Å²) in [5, 5.41) is 0. The van der Waals surface area contributed by atoms with Gasteiger partial charge in [0.05, 0.1) is 19.3 Å². The monoisotopic (exact) mass is 281 g/mol. The summed E-state index contributed by atoms with van der Waals surface area (Å²) in [5.74, 6) is 0.798. The molecule has 1 unspecified atom stereocenters. The van der Waals surface area contributed by atoms with Crippen LogP contribution in [0.25, 0.3) is 0 Å². The van der Waals surface area contributed by atoms with Gasteiger partial charge in [-0.25, -0.2) is 0 Å². The number of hydrogen-bond donors (Lipinski definition) is 1. The van der Waals surface area contributed by atoms with Crippen LogP contribution in [0.5, 0.6) is 5.75 Å². The third-order valence-electron chi connectivity index (χ3n) is 2.77. The lowest BCUT2D eigenvalue weighted by Crippen LogP contribution is -2.11. The van der Waals surface area contributed by atoms with Crippen molar-refractivity contribution in [3.63, 3.8) is 0 Å². The molecule has 0 saturated carbocycles. The van der Waals surface area contributed by atoms with E-state index in [9.17, 15) is 0 Å². The average molecular weight is 281 g/mol. The topological polar surface area (TPSA) is 44.5 Å². The van der Waals surface area contributed by atoms with Crippen molar-refractivity contribution in [2.24, 2.45) is 5.73 Å². The molecular formula is C15H23NO2S. The van der Waals surface area contributed by atoms with Gasteiger partial charge >= 0.3 is 0 Å². The Kier molecular flexibility index (Phi) is 7.45. The minimum absolute atomic E-state index is 0.336. The molecule has 0 aliphatic carbocycles. The molecule has 0 amide bonds. The Morgan fingerprint density at radius 1 is 1.37 bits per heavy atom. The lowest BCUT2D eigenvalue weighted by molar-refractivity contribution is 0.0519. The average Bonchev–Trinajstić information content (AvgIpc) is 2.39. The Bertz CT molecular complexity index is 395. The minimum atomic E-state index is 0.336. The van der Waals surface area contributed by atoms with Gasteiger partial charge in [0, 0.05) is 12.0 Å². The van der Waals surface area contributed by atoms with E-state index in [0.29, 0.717) is 17.7 Å². The first-order chi connectivity index (χ1) is 9.13. The fourth-order valence-electron chi connectivity index (χ4n) is 1.76. The predicted octanol–water partition coefficient (Wildman–Crippen LogP) is 3.29. The Balaban J connectivity index is 2.22. The van der Waals surface area contributed by atoms with Crippen molar-refractivity contribution in [2.45, 2.75) is 39.2 Å². The first-order valence-corrected chi connectivity index (χ1v) is 7.18. The highest BCUT2D eigenvalue weighted by molar-refractivity contribution is 7.80. The second-order valence-corrected chi connectivity index (χ2v) is 5.00. The van der Waals surface area contributed by atoms with Crippen LogP contribution >= 0.6 is 12.2 Å². The molecule has 4 heteroatoms. The Labute approximate surface area is 121 Å². The molecule has 0 bridgehead atoms.